The molecule has 19 heavy (non-hydrogen) atoms. The van der Waals surface area contributed by atoms with E-state index in [4.69, 9.17) is 11.6 Å². The smallest absolute Gasteiger partial charge is 0.130 e. The summed E-state index contributed by atoms with van der Waals surface area (Å²) in [7, 11) is 0. The number of aryl methyl sites for hydroxylation is 1. The van der Waals surface area contributed by atoms with Crippen LogP contribution in [0.15, 0.2) is 64.5 Å². The van der Waals surface area contributed by atoms with Crippen molar-refractivity contribution in [2.24, 2.45) is 0 Å². The number of nitrogens with zero attached hydrogens (tertiary/aromatic N) is 1. The Hall–Kier alpha value is -1.51. The molecule has 1 heterocycles. The maximum atomic E-state index is 5.95. The number of aromatic nitrogens is 1. The molecule has 0 amide bonds. The van der Waals surface area contributed by atoms with Crippen LogP contribution in [-0.4, -0.2) is 4.98 Å². The summed E-state index contributed by atoms with van der Waals surface area (Å²) in [6.07, 6.45) is 1.81. The van der Waals surface area contributed by atoms with E-state index in [9.17, 15) is 0 Å². The van der Waals surface area contributed by atoms with Crippen molar-refractivity contribution in [1.82, 2.24) is 4.98 Å². The quantitative estimate of drug-likeness (QED) is 0.589. The first-order chi connectivity index (χ1) is 9.22. The highest BCUT2D eigenvalue weighted by Gasteiger charge is 2.04. The molecule has 3 rings (SSSR count). The number of fused-ring (bicyclic) bond motifs is 1. The van der Waals surface area contributed by atoms with E-state index in [-0.39, 0.29) is 0 Å². The number of hydrogen-bond acceptors (Lipinski definition) is 2. The van der Waals surface area contributed by atoms with Crippen LogP contribution in [0.1, 0.15) is 5.56 Å². The van der Waals surface area contributed by atoms with E-state index in [0.29, 0.717) is 5.15 Å². The Kier molecular flexibility index (Phi) is 3.45. The Morgan fingerprint density at radius 1 is 1.00 bits per heavy atom. The molecule has 1 nitrogen and oxygen atoms in total. The Morgan fingerprint density at radius 2 is 1.79 bits per heavy atom. The van der Waals surface area contributed by atoms with Crippen molar-refractivity contribution in [3.8, 4) is 0 Å². The van der Waals surface area contributed by atoms with Gasteiger partial charge in [0.15, 0.2) is 0 Å². The molecule has 0 unspecified atom stereocenters. The summed E-state index contributed by atoms with van der Waals surface area (Å²) in [5.41, 5.74) is 1.14. The van der Waals surface area contributed by atoms with Crippen molar-refractivity contribution in [2.75, 3.05) is 0 Å². The lowest BCUT2D eigenvalue weighted by Crippen LogP contribution is -1.83. The van der Waals surface area contributed by atoms with Crippen LogP contribution in [0, 0.1) is 6.92 Å². The van der Waals surface area contributed by atoms with E-state index >= 15 is 0 Å². The number of rotatable bonds is 2. The molecule has 0 saturated carbocycles. The Morgan fingerprint density at radius 3 is 2.63 bits per heavy atom. The zero-order chi connectivity index (χ0) is 13.2. The third kappa shape index (κ3) is 2.75. The normalized spacial score (nSPS) is 10.8. The summed E-state index contributed by atoms with van der Waals surface area (Å²) >= 11 is 7.67. The van der Waals surface area contributed by atoms with Crippen LogP contribution in [0.4, 0.5) is 0 Å². The lowest BCUT2D eigenvalue weighted by Gasteiger charge is -2.06. The van der Waals surface area contributed by atoms with Crippen LogP contribution >= 0.6 is 23.4 Å². The summed E-state index contributed by atoms with van der Waals surface area (Å²) in [6.45, 7) is 2.05. The predicted octanol–water partition coefficient (Wildman–Crippen LogP) is 5.35. The first kappa shape index (κ1) is 12.5. The van der Waals surface area contributed by atoms with E-state index in [1.165, 1.54) is 15.7 Å². The summed E-state index contributed by atoms with van der Waals surface area (Å²) in [4.78, 5) is 6.44. The minimum absolute atomic E-state index is 0.536. The molecule has 3 heteroatoms. The molecule has 0 radical (unpaired) electrons. The molecule has 0 bridgehead atoms. The van der Waals surface area contributed by atoms with Crippen molar-refractivity contribution >= 4 is 34.1 Å². The van der Waals surface area contributed by atoms with Gasteiger partial charge in [0.25, 0.3) is 0 Å². The van der Waals surface area contributed by atoms with Gasteiger partial charge in [0.05, 0.1) is 0 Å². The summed E-state index contributed by atoms with van der Waals surface area (Å²) in [5.74, 6) is 0. The first-order valence-electron chi connectivity index (χ1n) is 6.01. The van der Waals surface area contributed by atoms with Crippen molar-refractivity contribution in [2.45, 2.75) is 16.7 Å². The zero-order valence-electron chi connectivity index (χ0n) is 10.4. The second-order valence-electron chi connectivity index (χ2n) is 4.38. The minimum atomic E-state index is 0.536. The summed E-state index contributed by atoms with van der Waals surface area (Å²) in [6, 6.07) is 16.8. The fourth-order valence-electron chi connectivity index (χ4n) is 1.95. The zero-order valence-corrected chi connectivity index (χ0v) is 12.0. The third-order valence-electron chi connectivity index (χ3n) is 2.97. The van der Waals surface area contributed by atoms with Gasteiger partial charge in [-0.15, -0.1) is 0 Å². The molecule has 0 aliphatic rings. The standard InChI is InChI=1S/C16H12ClNS/c1-11-10-18-16(17)9-15(11)19-14-7-6-12-4-2-3-5-13(12)8-14/h2-10H,1H3. The molecule has 0 aliphatic carbocycles. The second-order valence-corrected chi connectivity index (χ2v) is 5.89. The van der Waals surface area contributed by atoms with Gasteiger partial charge in [0.2, 0.25) is 0 Å². The van der Waals surface area contributed by atoms with Crippen LogP contribution in [0.25, 0.3) is 10.8 Å². The van der Waals surface area contributed by atoms with Gasteiger partial charge >= 0.3 is 0 Å². The van der Waals surface area contributed by atoms with E-state index in [2.05, 4.69) is 47.4 Å². The Bertz CT molecular complexity index is 740. The molecular formula is C16H12ClNS. The SMILES string of the molecule is Cc1cnc(Cl)cc1Sc1ccc2ccccc2c1. The third-order valence-corrected chi connectivity index (χ3v) is 4.33. The van der Waals surface area contributed by atoms with Crippen LogP contribution in [0.5, 0.6) is 0 Å². The molecule has 3 aromatic rings. The van der Waals surface area contributed by atoms with Gasteiger partial charge in [-0.05, 0) is 41.5 Å². The van der Waals surface area contributed by atoms with E-state index in [1.807, 2.05) is 19.2 Å². The molecule has 0 aliphatic heterocycles. The van der Waals surface area contributed by atoms with Crippen molar-refractivity contribution in [3.05, 3.63) is 65.4 Å². The summed E-state index contributed by atoms with van der Waals surface area (Å²) in [5, 5.41) is 3.05. The average molecular weight is 286 g/mol. The number of hydrogen-bond donors (Lipinski definition) is 0. The second kappa shape index (κ2) is 5.24. The van der Waals surface area contributed by atoms with Crippen LogP contribution < -0.4 is 0 Å². The largest absolute Gasteiger partial charge is 0.244 e. The van der Waals surface area contributed by atoms with Crippen molar-refractivity contribution in [3.63, 3.8) is 0 Å². The van der Waals surface area contributed by atoms with E-state index in [0.717, 1.165) is 10.5 Å². The van der Waals surface area contributed by atoms with Crippen LogP contribution in [-0.2, 0) is 0 Å². The van der Waals surface area contributed by atoms with Crippen molar-refractivity contribution < 1.29 is 0 Å². The maximum Gasteiger partial charge on any atom is 0.130 e. The number of pyridine rings is 1. The van der Waals surface area contributed by atoms with Gasteiger partial charge in [0.1, 0.15) is 5.15 Å². The topological polar surface area (TPSA) is 12.9 Å². The predicted molar refractivity (Wildman–Crippen MR) is 82.1 cm³/mol. The van der Waals surface area contributed by atoms with Gasteiger partial charge in [-0.2, -0.15) is 0 Å². The van der Waals surface area contributed by atoms with Gasteiger partial charge < -0.3 is 0 Å². The number of benzene rings is 2. The fourth-order valence-corrected chi connectivity index (χ4v) is 3.13. The molecule has 1 aromatic heterocycles. The lowest BCUT2D eigenvalue weighted by atomic mass is 10.1. The highest BCUT2D eigenvalue weighted by molar-refractivity contribution is 7.99. The van der Waals surface area contributed by atoms with Crippen molar-refractivity contribution in [1.29, 1.82) is 0 Å². The molecule has 2 aromatic carbocycles. The lowest BCUT2D eigenvalue weighted by molar-refractivity contribution is 1.18. The highest BCUT2D eigenvalue weighted by atomic mass is 35.5. The van der Waals surface area contributed by atoms with Crippen LogP contribution in [0.3, 0.4) is 0 Å². The molecule has 0 saturated heterocycles. The number of halogens is 1. The van der Waals surface area contributed by atoms with Gasteiger partial charge in [-0.1, -0.05) is 53.7 Å². The molecule has 0 N–H and O–H groups in total. The molecule has 94 valence electrons. The molecule has 0 atom stereocenters. The summed E-state index contributed by atoms with van der Waals surface area (Å²) < 4.78 is 0. The van der Waals surface area contributed by atoms with E-state index in [1.54, 1.807) is 11.8 Å². The maximum absolute atomic E-state index is 5.95. The first-order valence-corrected chi connectivity index (χ1v) is 7.20. The van der Waals surface area contributed by atoms with Gasteiger partial charge in [-0.25, -0.2) is 4.98 Å². The molecule has 0 spiro atoms. The monoisotopic (exact) mass is 285 g/mol. The molecular weight excluding hydrogens is 274 g/mol. The van der Waals surface area contributed by atoms with Gasteiger partial charge in [0, 0.05) is 16.0 Å². The average Bonchev–Trinajstić information content (AvgIpc) is 2.43. The molecule has 0 fully saturated rings. The van der Waals surface area contributed by atoms with E-state index < -0.39 is 0 Å². The Labute approximate surface area is 121 Å². The minimum Gasteiger partial charge on any atom is -0.244 e. The highest BCUT2D eigenvalue weighted by Crippen LogP contribution is 2.32. The van der Waals surface area contributed by atoms with Gasteiger partial charge in [-0.3, -0.25) is 0 Å². The Balaban J connectivity index is 1.98. The van der Waals surface area contributed by atoms with Crippen LogP contribution in [0.2, 0.25) is 5.15 Å². The fraction of sp³-hybridized carbons (Fsp3) is 0.0625.